The Morgan fingerprint density at radius 3 is 2.73 bits per heavy atom. The molecule has 118 valence electrons. The van der Waals surface area contributed by atoms with Crippen LogP contribution in [-0.2, 0) is 0 Å². The minimum atomic E-state index is 0.441. The van der Waals surface area contributed by atoms with Crippen molar-refractivity contribution in [1.29, 1.82) is 0 Å². The Morgan fingerprint density at radius 1 is 1.14 bits per heavy atom. The smallest absolute Gasteiger partial charge is 0.229 e. The van der Waals surface area contributed by atoms with Crippen LogP contribution in [0.5, 0.6) is 0 Å². The first-order valence-corrected chi connectivity index (χ1v) is 8.19. The van der Waals surface area contributed by atoms with Gasteiger partial charge in [-0.1, -0.05) is 6.07 Å². The van der Waals surface area contributed by atoms with Crippen LogP contribution >= 0.6 is 0 Å². The van der Waals surface area contributed by atoms with Crippen molar-refractivity contribution in [2.75, 3.05) is 51.6 Å². The number of piperazine rings is 1. The lowest BCUT2D eigenvalue weighted by Gasteiger charge is -2.34. The fourth-order valence-electron chi connectivity index (χ4n) is 3.28. The van der Waals surface area contributed by atoms with Gasteiger partial charge in [0.15, 0.2) is 5.65 Å². The minimum Gasteiger partial charge on any atom is -0.353 e. The molecule has 6 nitrogen and oxygen atoms in total. The summed E-state index contributed by atoms with van der Waals surface area (Å²) in [5.74, 6) is 0.861. The van der Waals surface area contributed by atoms with E-state index in [4.69, 9.17) is 0 Å². The topological polar surface area (TPSA) is 48.7 Å². The number of hydrogen-bond donors (Lipinski definition) is 1. The molecule has 6 heteroatoms. The van der Waals surface area contributed by atoms with Crippen molar-refractivity contribution in [1.82, 2.24) is 24.4 Å². The number of pyridine rings is 1. The third-order valence-corrected chi connectivity index (χ3v) is 5.05. The number of likely N-dealkylation sites (N-methyl/N-ethyl adjacent to an activating group) is 1. The van der Waals surface area contributed by atoms with E-state index in [2.05, 4.69) is 32.4 Å². The largest absolute Gasteiger partial charge is 0.353 e. The maximum Gasteiger partial charge on any atom is 0.229 e. The summed E-state index contributed by atoms with van der Waals surface area (Å²) in [6.45, 7) is 6.99. The van der Waals surface area contributed by atoms with E-state index in [1.165, 1.54) is 45.6 Å². The fourth-order valence-corrected chi connectivity index (χ4v) is 3.28. The lowest BCUT2D eigenvalue weighted by atomic mass is 10.1. The van der Waals surface area contributed by atoms with Crippen molar-refractivity contribution in [2.24, 2.45) is 5.41 Å². The van der Waals surface area contributed by atoms with Crippen molar-refractivity contribution < 1.29 is 0 Å². The molecule has 1 aliphatic carbocycles. The highest BCUT2D eigenvalue weighted by Gasteiger charge is 2.44. The summed E-state index contributed by atoms with van der Waals surface area (Å²) in [6, 6.07) is 5.98. The molecule has 2 aromatic rings. The Bertz CT molecular complexity index is 639. The highest BCUT2D eigenvalue weighted by Crippen LogP contribution is 2.46. The predicted octanol–water partition coefficient (Wildman–Crippen LogP) is 1.17. The van der Waals surface area contributed by atoms with Crippen LogP contribution in [0.4, 0.5) is 5.95 Å². The lowest BCUT2D eigenvalue weighted by Crippen LogP contribution is -2.47. The zero-order valence-electron chi connectivity index (χ0n) is 13.2. The van der Waals surface area contributed by atoms with Gasteiger partial charge in [-0.05, 0) is 32.0 Å². The highest BCUT2D eigenvalue weighted by molar-refractivity contribution is 5.44. The number of hydrogen-bond acceptors (Lipinski definition) is 5. The summed E-state index contributed by atoms with van der Waals surface area (Å²) >= 11 is 0. The van der Waals surface area contributed by atoms with E-state index in [0.29, 0.717) is 5.41 Å². The van der Waals surface area contributed by atoms with Crippen LogP contribution in [-0.4, -0.2) is 70.7 Å². The molecule has 3 heterocycles. The number of anilines is 1. The fraction of sp³-hybridized carbons (Fsp3) is 0.625. The minimum absolute atomic E-state index is 0.441. The molecule has 0 amide bonds. The quantitative estimate of drug-likeness (QED) is 0.898. The van der Waals surface area contributed by atoms with Gasteiger partial charge in [-0.25, -0.2) is 0 Å². The molecule has 1 saturated heterocycles. The first-order chi connectivity index (χ1) is 10.7. The molecule has 0 atom stereocenters. The first-order valence-electron chi connectivity index (χ1n) is 8.19. The Kier molecular flexibility index (Phi) is 3.50. The van der Waals surface area contributed by atoms with Gasteiger partial charge in [-0.2, -0.15) is 0 Å². The van der Waals surface area contributed by atoms with Gasteiger partial charge in [-0.15, -0.1) is 10.2 Å². The normalized spacial score (nSPS) is 22.0. The summed E-state index contributed by atoms with van der Waals surface area (Å²) in [5.41, 5.74) is 1.34. The van der Waals surface area contributed by atoms with Crippen LogP contribution in [0.15, 0.2) is 24.4 Å². The zero-order valence-corrected chi connectivity index (χ0v) is 13.2. The van der Waals surface area contributed by atoms with Crippen LogP contribution in [0.3, 0.4) is 0 Å². The van der Waals surface area contributed by atoms with Gasteiger partial charge >= 0.3 is 0 Å². The molecule has 2 fully saturated rings. The third-order valence-electron chi connectivity index (χ3n) is 5.05. The zero-order chi connectivity index (χ0) is 15.0. The monoisotopic (exact) mass is 300 g/mol. The van der Waals surface area contributed by atoms with E-state index in [-0.39, 0.29) is 0 Å². The van der Waals surface area contributed by atoms with Crippen LogP contribution in [0.1, 0.15) is 12.8 Å². The molecule has 2 aliphatic rings. The van der Waals surface area contributed by atoms with Gasteiger partial charge in [-0.3, -0.25) is 4.40 Å². The third kappa shape index (κ3) is 2.80. The summed E-state index contributed by atoms with van der Waals surface area (Å²) in [4.78, 5) is 5.03. The van der Waals surface area contributed by atoms with Gasteiger partial charge in [0.05, 0.1) is 0 Å². The number of rotatable bonds is 5. The van der Waals surface area contributed by atoms with Crippen molar-refractivity contribution in [3.8, 4) is 0 Å². The second-order valence-electron chi connectivity index (χ2n) is 6.89. The van der Waals surface area contributed by atoms with E-state index < -0.39 is 0 Å². The molecule has 4 rings (SSSR count). The van der Waals surface area contributed by atoms with Gasteiger partial charge in [0, 0.05) is 50.9 Å². The van der Waals surface area contributed by atoms with Crippen molar-refractivity contribution >= 4 is 11.6 Å². The van der Waals surface area contributed by atoms with Crippen molar-refractivity contribution in [2.45, 2.75) is 12.8 Å². The Balaban J connectivity index is 1.37. The standard InChI is InChI=1S/C16H24N6/c1-20-8-10-21(11-9-20)13-16(5-6-16)12-17-15-19-18-14-4-2-3-7-22(14)15/h2-4,7H,5-6,8-13H2,1H3,(H,17,19). The van der Waals surface area contributed by atoms with Crippen molar-refractivity contribution in [3.63, 3.8) is 0 Å². The summed E-state index contributed by atoms with van der Waals surface area (Å²) in [5, 5.41) is 12.0. The number of nitrogens with zero attached hydrogens (tertiary/aromatic N) is 5. The lowest BCUT2D eigenvalue weighted by molar-refractivity contribution is 0.133. The molecule has 0 radical (unpaired) electrons. The molecule has 0 unspecified atom stereocenters. The summed E-state index contributed by atoms with van der Waals surface area (Å²) in [7, 11) is 2.21. The van der Waals surface area contributed by atoms with Crippen LogP contribution in [0.25, 0.3) is 5.65 Å². The second-order valence-corrected chi connectivity index (χ2v) is 6.89. The van der Waals surface area contributed by atoms with Gasteiger partial charge in [0.25, 0.3) is 0 Å². The van der Waals surface area contributed by atoms with Crippen LogP contribution < -0.4 is 5.32 Å². The van der Waals surface area contributed by atoms with Gasteiger partial charge < -0.3 is 15.1 Å². The molecular weight excluding hydrogens is 276 g/mol. The Hall–Kier alpha value is -1.66. The molecule has 1 saturated carbocycles. The summed E-state index contributed by atoms with van der Waals surface area (Å²) < 4.78 is 2.02. The first kappa shape index (κ1) is 14.0. The van der Waals surface area contributed by atoms with Crippen LogP contribution in [0, 0.1) is 5.41 Å². The second kappa shape index (κ2) is 5.52. The molecule has 1 N–H and O–H groups in total. The van der Waals surface area contributed by atoms with E-state index in [1.807, 2.05) is 28.8 Å². The molecule has 1 aliphatic heterocycles. The summed E-state index contributed by atoms with van der Waals surface area (Å²) in [6.07, 6.45) is 4.66. The Morgan fingerprint density at radius 2 is 1.95 bits per heavy atom. The number of nitrogens with one attached hydrogen (secondary N) is 1. The van der Waals surface area contributed by atoms with Crippen molar-refractivity contribution in [3.05, 3.63) is 24.4 Å². The SMILES string of the molecule is CN1CCN(CC2(CNc3nnc4ccccn34)CC2)CC1. The van der Waals surface area contributed by atoms with E-state index in [9.17, 15) is 0 Å². The Labute approximate surface area is 131 Å². The maximum atomic E-state index is 4.26. The maximum absolute atomic E-state index is 4.26. The highest BCUT2D eigenvalue weighted by atomic mass is 15.3. The average molecular weight is 300 g/mol. The van der Waals surface area contributed by atoms with Gasteiger partial charge in [0.1, 0.15) is 0 Å². The number of aromatic nitrogens is 3. The molecule has 2 aromatic heterocycles. The van der Waals surface area contributed by atoms with Crippen LogP contribution in [0.2, 0.25) is 0 Å². The van der Waals surface area contributed by atoms with E-state index >= 15 is 0 Å². The van der Waals surface area contributed by atoms with Gasteiger partial charge in [0.2, 0.25) is 5.95 Å². The molecule has 0 bridgehead atoms. The van der Waals surface area contributed by atoms with E-state index in [0.717, 1.165) is 18.1 Å². The molecular formula is C16H24N6. The molecule has 0 spiro atoms. The predicted molar refractivity (Wildman–Crippen MR) is 87.1 cm³/mol. The average Bonchev–Trinajstić information content (AvgIpc) is 3.18. The molecule has 0 aromatic carbocycles. The number of fused-ring (bicyclic) bond motifs is 1. The van der Waals surface area contributed by atoms with E-state index in [1.54, 1.807) is 0 Å². The molecule has 22 heavy (non-hydrogen) atoms.